The molecule has 0 unspecified atom stereocenters. The Labute approximate surface area is 164 Å². The number of benzene rings is 2. The van der Waals surface area contributed by atoms with E-state index in [1.807, 2.05) is 6.92 Å². The van der Waals surface area contributed by atoms with Crippen LogP contribution in [0.5, 0.6) is 0 Å². The fourth-order valence-electron chi connectivity index (χ4n) is 2.53. The van der Waals surface area contributed by atoms with Gasteiger partial charge >= 0.3 is 0 Å². The van der Waals surface area contributed by atoms with E-state index >= 15 is 0 Å². The van der Waals surface area contributed by atoms with Crippen LogP contribution in [-0.4, -0.2) is 17.6 Å². The number of rotatable bonds is 4. The van der Waals surface area contributed by atoms with E-state index in [4.69, 9.17) is 34.8 Å². The van der Waals surface area contributed by atoms with Crippen LogP contribution in [0.4, 0.5) is 5.69 Å². The molecule has 0 spiro atoms. The summed E-state index contributed by atoms with van der Waals surface area (Å²) in [5.41, 5.74) is 1.27. The van der Waals surface area contributed by atoms with Crippen LogP contribution in [0.3, 0.4) is 0 Å². The third-order valence-corrected chi connectivity index (χ3v) is 5.37. The van der Waals surface area contributed by atoms with E-state index in [-0.39, 0.29) is 10.7 Å². The van der Waals surface area contributed by atoms with Crippen molar-refractivity contribution >= 4 is 69.6 Å². The van der Waals surface area contributed by atoms with Gasteiger partial charge in [0.1, 0.15) is 0 Å². The first-order valence-electron chi connectivity index (χ1n) is 7.41. The summed E-state index contributed by atoms with van der Waals surface area (Å²) in [6.45, 7) is 1.92. The second-order valence-electron chi connectivity index (χ2n) is 5.19. The normalized spacial score (nSPS) is 14.6. The lowest BCUT2D eigenvalue weighted by atomic mass is 10.1. The molecule has 1 aliphatic rings. The average molecular weight is 413 g/mol. The van der Waals surface area contributed by atoms with E-state index in [2.05, 4.69) is 0 Å². The molecule has 0 saturated carbocycles. The Morgan fingerprint density at radius 2 is 1.56 bits per heavy atom. The number of amides is 2. The molecule has 128 valence electrons. The molecule has 0 aliphatic carbocycles. The zero-order valence-electron chi connectivity index (χ0n) is 13.1. The monoisotopic (exact) mass is 411 g/mol. The van der Waals surface area contributed by atoms with Crippen molar-refractivity contribution in [2.24, 2.45) is 0 Å². The number of imide groups is 1. The van der Waals surface area contributed by atoms with Crippen molar-refractivity contribution in [2.45, 2.75) is 6.92 Å². The third kappa shape index (κ3) is 3.44. The number of thioether (sulfide) groups is 1. The molecule has 0 saturated heterocycles. The fraction of sp³-hybridized carbons (Fsp3) is 0.111. The highest BCUT2D eigenvalue weighted by Gasteiger charge is 2.40. The second kappa shape index (κ2) is 7.42. The first-order chi connectivity index (χ1) is 11.9. The van der Waals surface area contributed by atoms with Gasteiger partial charge in [-0.15, -0.1) is 11.8 Å². The topological polar surface area (TPSA) is 37.4 Å². The van der Waals surface area contributed by atoms with Crippen LogP contribution in [0.15, 0.2) is 47.4 Å². The minimum atomic E-state index is -0.424. The summed E-state index contributed by atoms with van der Waals surface area (Å²) in [6, 6.07) is 11.5. The Morgan fingerprint density at radius 3 is 2.20 bits per heavy atom. The van der Waals surface area contributed by atoms with E-state index in [1.54, 1.807) is 36.4 Å². The predicted octanol–water partition coefficient (Wildman–Crippen LogP) is 5.68. The minimum absolute atomic E-state index is 0.280. The van der Waals surface area contributed by atoms with E-state index in [1.165, 1.54) is 17.8 Å². The Kier molecular flexibility index (Phi) is 5.44. The van der Waals surface area contributed by atoms with Crippen LogP contribution in [0, 0.1) is 0 Å². The van der Waals surface area contributed by atoms with Crippen LogP contribution in [-0.2, 0) is 9.59 Å². The molecule has 0 N–H and O–H groups in total. The number of hydrogen-bond donors (Lipinski definition) is 0. The number of carbonyl (C=O) groups excluding carboxylic acids is 2. The summed E-state index contributed by atoms with van der Waals surface area (Å²) >= 11 is 19.5. The Hall–Kier alpha value is -1.46. The van der Waals surface area contributed by atoms with Crippen molar-refractivity contribution in [1.29, 1.82) is 0 Å². The van der Waals surface area contributed by atoms with E-state index < -0.39 is 11.8 Å². The molecule has 3 nitrogen and oxygen atoms in total. The summed E-state index contributed by atoms with van der Waals surface area (Å²) in [4.78, 5) is 27.4. The Bertz CT molecular complexity index is 894. The van der Waals surface area contributed by atoms with Crippen molar-refractivity contribution in [3.05, 3.63) is 68.0 Å². The largest absolute Gasteiger partial charge is 0.272 e. The summed E-state index contributed by atoms with van der Waals surface area (Å²) in [5.74, 6) is -0.166. The SMILES string of the molecule is CCSC1=C(c2ccc(Cl)cc2)C(=O)N(c2cc(Cl)ccc2Cl)C1=O. The second-order valence-corrected chi connectivity index (χ2v) is 7.74. The number of nitrogens with zero attached hydrogens (tertiary/aromatic N) is 1. The molecule has 1 aliphatic heterocycles. The Balaban J connectivity index is 2.13. The van der Waals surface area contributed by atoms with Gasteiger partial charge in [0, 0.05) is 10.0 Å². The minimum Gasteiger partial charge on any atom is -0.268 e. The smallest absolute Gasteiger partial charge is 0.268 e. The third-order valence-electron chi connectivity index (χ3n) is 3.61. The number of anilines is 1. The summed E-state index contributed by atoms with van der Waals surface area (Å²) in [6.07, 6.45) is 0. The lowest BCUT2D eigenvalue weighted by Crippen LogP contribution is -2.31. The first kappa shape index (κ1) is 18.3. The van der Waals surface area contributed by atoms with E-state index in [9.17, 15) is 9.59 Å². The van der Waals surface area contributed by atoms with Gasteiger partial charge in [0.25, 0.3) is 11.8 Å². The molecule has 0 fully saturated rings. The van der Waals surface area contributed by atoms with Gasteiger partial charge < -0.3 is 0 Å². The predicted molar refractivity (Wildman–Crippen MR) is 105 cm³/mol. The quantitative estimate of drug-likeness (QED) is 0.606. The van der Waals surface area contributed by atoms with Gasteiger partial charge in [-0.05, 0) is 41.6 Å². The molecule has 7 heteroatoms. The van der Waals surface area contributed by atoms with E-state index in [0.717, 1.165) is 4.90 Å². The molecule has 2 aromatic carbocycles. The maximum Gasteiger partial charge on any atom is 0.272 e. The number of halogens is 3. The fourth-order valence-corrected chi connectivity index (χ4v) is 3.88. The van der Waals surface area contributed by atoms with Gasteiger partial charge in [0.15, 0.2) is 0 Å². The van der Waals surface area contributed by atoms with Crippen LogP contribution in [0.25, 0.3) is 5.57 Å². The molecule has 2 amide bonds. The molecule has 0 aromatic heterocycles. The summed E-state index contributed by atoms with van der Waals surface area (Å²) in [7, 11) is 0. The Morgan fingerprint density at radius 1 is 0.920 bits per heavy atom. The highest BCUT2D eigenvalue weighted by atomic mass is 35.5. The van der Waals surface area contributed by atoms with Gasteiger partial charge in [-0.25, -0.2) is 4.90 Å². The highest BCUT2D eigenvalue weighted by Crippen LogP contribution is 2.41. The zero-order valence-corrected chi connectivity index (χ0v) is 16.1. The van der Waals surface area contributed by atoms with Crippen molar-refractivity contribution in [1.82, 2.24) is 0 Å². The molecular formula is C18H12Cl3NO2S. The number of carbonyl (C=O) groups is 2. The van der Waals surface area contributed by atoms with Gasteiger partial charge in [-0.1, -0.05) is 53.9 Å². The van der Waals surface area contributed by atoms with Gasteiger partial charge in [-0.2, -0.15) is 0 Å². The van der Waals surface area contributed by atoms with Crippen molar-refractivity contribution < 1.29 is 9.59 Å². The zero-order chi connectivity index (χ0) is 18.1. The molecular weight excluding hydrogens is 401 g/mol. The highest BCUT2D eigenvalue weighted by molar-refractivity contribution is 8.04. The molecule has 0 bridgehead atoms. The van der Waals surface area contributed by atoms with Crippen molar-refractivity contribution in [3.8, 4) is 0 Å². The maximum atomic E-state index is 13.0. The molecule has 0 atom stereocenters. The summed E-state index contributed by atoms with van der Waals surface area (Å²) < 4.78 is 0. The molecule has 0 radical (unpaired) electrons. The van der Waals surface area contributed by atoms with Crippen LogP contribution >= 0.6 is 46.6 Å². The number of hydrogen-bond acceptors (Lipinski definition) is 3. The van der Waals surface area contributed by atoms with Crippen molar-refractivity contribution in [3.63, 3.8) is 0 Å². The van der Waals surface area contributed by atoms with Crippen molar-refractivity contribution in [2.75, 3.05) is 10.7 Å². The maximum absolute atomic E-state index is 13.0. The van der Waals surface area contributed by atoms with Gasteiger partial charge in [-0.3, -0.25) is 9.59 Å². The van der Waals surface area contributed by atoms with Gasteiger partial charge in [0.2, 0.25) is 0 Å². The van der Waals surface area contributed by atoms with E-state index in [0.29, 0.717) is 31.8 Å². The molecule has 1 heterocycles. The standard InChI is InChI=1S/C18H12Cl3NO2S/c1-2-25-16-15(10-3-5-11(19)6-4-10)17(23)22(18(16)24)14-9-12(20)7-8-13(14)21/h3-9H,2H2,1H3. The van der Waals surface area contributed by atoms with Crippen LogP contribution in [0.2, 0.25) is 15.1 Å². The molecule has 2 aromatic rings. The lowest BCUT2D eigenvalue weighted by molar-refractivity contribution is -0.119. The molecule has 25 heavy (non-hydrogen) atoms. The average Bonchev–Trinajstić information content (AvgIpc) is 2.82. The first-order valence-corrected chi connectivity index (χ1v) is 9.52. The van der Waals surface area contributed by atoms with Crippen LogP contribution < -0.4 is 4.90 Å². The lowest BCUT2D eigenvalue weighted by Gasteiger charge is -2.17. The molecule has 3 rings (SSSR count). The van der Waals surface area contributed by atoms with Crippen LogP contribution in [0.1, 0.15) is 12.5 Å². The van der Waals surface area contributed by atoms with Gasteiger partial charge in [0.05, 0.1) is 21.2 Å². The summed E-state index contributed by atoms with van der Waals surface area (Å²) in [5, 5.41) is 1.23.